The highest BCUT2D eigenvalue weighted by atomic mass is 32.2. The van der Waals surface area contributed by atoms with Crippen molar-refractivity contribution in [3.8, 4) is 0 Å². The second kappa shape index (κ2) is 10.4. The zero-order valence-corrected chi connectivity index (χ0v) is 20.9. The SMILES string of the molecule is C=CCn1c(SCC(=O)N2N=C(c3cccs3)CC2c2cccs2)nnc1C1CCCCC1. The quantitative estimate of drug-likeness (QED) is 0.278. The third-order valence-corrected chi connectivity index (χ3v) is 9.04. The highest BCUT2D eigenvalue weighted by Gasteiger charge is 2.34. The molecule has 2 aliphatic rings. The van der Waals surface area contributed by atoms with Gasteiger partial charge in [0.15, 0.2) is 5.16 Å². The van der Waals surface area contributed by atoms with E-state index in [1.54, 1.807) is 27.7 Å². The van der Waals surface area contributed by atoms with Crippen molar-refractivity contribution in [3.63, 3.8) is 0 Å². The number of thioether (sulfide) groups is 1. The molecule has 0 aromatic carbocycles. The number of hydrogen-bond acceptors (Lipinski definition) is 7. The maximum Gasteiger partial charge on any atom is 0.253 e. The van der Waals surface area contributed by atoms with Gasteiger partial charge in [0.1, 0.15) is 5.82 Å². The lowest BCUT2D eigenvalue weighted by atomic mass is 9.89. The van der Waals surface area contributed by atoms with Gasteiger partial charge in [-0.25, -0.2) is 5.01 Å². The van der Waals surface area contributed by atoms with Crippen LogP contribution < -0.4 is 0 Å². The van der Waals surface area contributed by atoms with E-state index in [2.05, 4.69) is 44.2 Å². The van der Waals surface area contributed by atoms with Crippen LogP contribution in [0.25, 0.3) is 0 Å². The molecule has 1 fully saturated rings. The largest absolute Gasteiger partial charge is 0.302 e. The fraction of sp³-hybridized carbons (Fsp3) is 0.417. The number of carbonyl (C=O) groups excluding carboxylic acids is 1. The van der Waals surface area contributed by atoms with E-state index in [9.17, 15) is 4.79 Å². The van der Waals surface area contributed by atoms with Crippen LogP contribution in [0.1, 0.15) is 66.1 Å². The van der Waals surface area contributed by atoms with Gasteiger partial charge in [-0.3, -0.25) is 4.79 Å². The molecule has 9 heteroatoms. The average molecular weight is 498 g/mol. The molecule has 1 aliphatic heterocycles. The topological polar surface area (TPSA) is 63.4 Å². The van der Waals surface area contributed by atoms with Crippen LogP contribution in [-0.4, -0.2) is 37.1 Å². The predicted molar refractivity (Wildman–Crippen MR) is 136 cm³/mol. The lowest BCUT2D eigenvalue weighted by Crippen LogP contribution is -2.28. The van der Waals surface area contributed by atoms with Gasteiger partial charge in [0, 0.05) is 23.8 Å². The summed E-state index contributed by atoms with van der Waals surface area (Å²) in [6.45, 7) is 4.58. The Morgan fingerprint density at radius 2 is 1.97 bits per heavy atom. The Morgan fingerprint density at radius 1 is 1.15 bits per heavy atom. The summed E-state index contributed by atoms with van der Waals surface area (Å²) in [7, 11) is 0. The molecule has 0 N–H and O–H groups in total. The van der Waals surface area contributed by atoms with Crippen molar-refractivity contribution in [1.82, 2.24) is 19.8 Å². The predicted octanol–water partition coefficient (Wildman–Crippen LogP) is 6.10. The summed E-state index contributed by atoms with van der Waals surface area (Å²) in [5.41, 5.74) is 0.983. The van der Waals surface area contributed by atoms with Gasteiger partial charge in [-0.2, -0.15) is 5.10 Å². The molecule has 5 rings (SSSR count). The Hall–Kier alpha value is -2.23. The van der Waals surface area contributed by atoms with Crippen LogP contribution in [0, 0.1) is 0 Å². The summed E-state index contributed by atoms with van der Waals surface area (Å²) in [5.74, 6) is 1.77. The van der Waals surface area contributed by atoms with Crippen LogP contribution in [0.5, 0.6) is 0 Å². The Bertz CT molecular complexity index is 1110. The van der Waals surface area contributed by atoms with E-state index in [4.69, 9.17) is 5.10 Å². The number of aromatic nitrogens is 3. The van der Waals surface area contributed by atoms with Crippen LogP contribution in [-0.2, 0) is 11.3 Å². The molecule has 6 nitrogen and oxygen atoms in total. The number of allylic oxidation sites excluding steroid dienone is 1. The lowest BCUT2D eigenvalue weighted by Gasteiger charge is -2.22. The Kier molecular flexibility index (Phi) is 7.08. The first-order valence-corrected chi connectivity index (χ1v) is 14.1. The Labute approximate surface area is 206 Å². The van der Waals surface area contributed by atoms with Gasteiger partial charge in [0.05, 0.1) is 22.4 Å². The summed E-state index contributed by atoms with van der Waals surface area (Å²) < 4.78 is 2.14. The summed E-state index contributed by atoms with van der Waals surface area (Å²) in [5, 5.41) is 20.3. The first kappa shape index (κ1) is 22.6. The van der Waals surface area contributed by atoms with Crippen LogP contribution in [0.15, 0.2) is 57.9 Å². The summed E-state index contributed by atoms with van der Waals surface area (Å²) in [6.07, 6.45) is 8.75. The van der Waals surface area contributed by atoms with Crippen LogP contribution in [0.4, 0.5) is 0 Å². The number of amides is 1. The van der Waals surface area contributed by atoms with Crippen molar-refractivity contribution in [1.29, 1.82) is 0 Å². The number of nitrogens with zero attached hydrogens (tertiary/aromatic N) is 5. The van der Waals surface area contributed by atoms with E-state index in [0.29, 0.717) is 12.5 Å². The molecule has 1 amide bonds. The number of thiophene rings is 2. The number of rotatable bonds is 8. The first-order valence-electron chi connectivity index (χ1n) is 11.4. The number of hydrogen-bond donors (Lipinski definition) is 0. The van der Waals surface area contributed by atoms with Crippen molar-refractivity contribution in [2.75, 3.05) is 5.75 Å². The molecule has 0 saturated heterocycles. The van der Waals surface area contributed by atoms with E-state index in [-0.39, 0.29) is 17.7 Å². The third kappa shape index (κ3) is 4.85. The van der Waals surface area contributed by atoms with Crippen molar-refractivity contribution in [2.45, 2.75) is 62.2 Å². The maximum atomic E-state index is 13.3. The molecule has 1 aliphatic carbocycles. The minimum absolute atomic E-state index is 0.00248. The highest BCUT2D eigenvalue weighted by molar-refractivity contribution is 7.99. The number of carbonyl (C=O) groups is 1. The second-order valence-corrected chi connectivity index (χ2v) is 11.2. The zero-order chi connectivity index (χ0) is 22.6. The average Bonchev–Trinajstić information content (AvgIpc) is 3.64. The second-order valence-electron chi connectivity index (χ2n) is 8.36. The fourth-order valence-corrected chi connectivity index (χ4v) is 6.94. The van der Waals surface area contributed by atoms with Crippen LogP contribution in [0.3, 0.4) is 0 Å². The lowest BCUT2D eigenvalue weighted by molar-refractivity contribution is -0.130. The summed E-state index contributed by atoms with van der Waals surface area (Å²) >= 11 is 4.79. The summed E-state index contributed by atoms with van der Waals surface area (Å²) in [4.78, 5) is 15.6. The van der Waals surface area contributed by atoms with Gasteiger partial charge in [-0.15, -0.1) is 39.4 Å². The van der Waals surface area contributed by atoms with Crippen LogP contribution in [0.2, 0.25) is 0 Å². The summed E-state index contributed by atoms with van der Waals surface area (Å²) in [6, 6.07) is 8.18. The Morgan fingerprint density at radius 3 is 2.70 bits per heavy atom. The van der Waals surface area contributed by atoms with Gasteiger partial charge in [-0.1, -0.05) is 49.2 Å². The van der Waals surface area contributed by atoms with Crippen molar-refractivity contribution >= 4 is 46.1 Å². The van der Waals surface area contributed by atoms with Gasteiger partial charge in [-0.05, 0) is 35.7 Å². The van der Waals surface area contributed by atoms with Gasteiger partial charge in [0.25, 0.3) is 5.91 Å². The molecule has 3 aromatic rings. The van der Waals surface area contributed by atoms with Crippen molar-refractivity contribution < 1.29 is 4.79 Å². The molecule has 0 radical (unpaired) electrons. The fourth-order valence-electron chi connectivity index (χ4n) is 4.60. The normalized spacial score (nSPS) is 19.1. The zero-order valence-electron chi connectivity index (χ0n) is 18.4. The third-order valence-electron chi connectivity index (χ3n) is 6.20. The van der Waals surface area contributed by atoms with E-state index < -0.39 is 0 Å². The molecule has 33 heavy (non-hydrogen) atoms. The molecule has 3 aromatic heterocycles. The van der Waals surface area contributed by atoms with Crippen molar-refractivity contribution in [2.24, 2.45) is 5.10 Å². The highest BCUT2D eigenvalue weighted by Crippen LogP contribution is 2.37. The van der Waals surface area contributed by atoms with Gasteiger partial charge in [0.2, 0.25) is 0 Å². The minimum Gasteiger partial charge on any atom is -0.302 e. The van der Waals surface area contributed by atoms with Gasteiger partial charge < -0.3 is 4.57 Å². The standard InChI is InChI=1S/C24H27N5OS3/c1-2-12-28-23(17-8-4-3-5-9-17)25-26-24(28)33-16-22(30)29-19(21-11-7-14-32-21)15-18(27-29)20-10-6-13-31-20/h2,6-7,10-11,13-14,17,19H,1,3-5,8-9,12,15-16H2. The Balaban J connectivity index is 1.33. The molecular formula is C24H27N5OS3. The molecule has 1 saturated carbocycles. The molecule has 0 spiro atoms. The first-order chi connectivity index (χ1) is 16.2. The smallest absolute Gasteiger partial charge is 0.253 e. The monoisotopic (exact) mass is 497 g/mol. The maximum absolute atomic E-state index is 13.3. The molecule has 1 atom stereocenters. The molecule has 4 heterocycles. The van der Waals surface area contributed by atoms with E-state index in [1.807, 2.05) is 18.2 Å². The minimum atomic E-state index is -0.0426. The van der Waals surface area contributed by atoms with E-state index >= 15 is 0 Å². The van der Waals surface area contributed by atoms with E-state index in [1.165, 1.54) is 31.0 Å². The molecule has 1 unspecified atom stereocenters. The van der Waals surface area contributed by atoms with E-state index in [0.717, 1.165) is 45.7 Å². The van der Waals surface area contributed by atoms with Crippen molar-refractivity contribution in [3.05, 3.63) is 63.3 Å². The molecular weight excluding hydrogens is 470 g/mol. The molecule has 0 bridgehead atoms. The van der Waals surface area contributed by atoms with Gasteiger partial charge >= 0.3 is 0 Å². The molecule has 172 valence electrons. The number of hydrazone groups is 1. The van der Waals surface area contributed by atoms with Crippen LogP contribution >= 0.6 is 34.4 Å².